The summed E-state index contributed by atoms with van der Waals surface area (Å²) in [4.78, 5) is 0. The molecule has 3 aromatic rings. The molecule has 0 bridgehead atoms. The molecule has 2 heteroatoms. The molecule has 156 valence electrons. The molecular weight excluding hydrogens is 442 g/mol. The van der Waals surface area contributed by atoms with Crippen molar-refractivity contribution in [2.45, 2.75) is 20.3 Å². The minimum Gasteiger partial charge on any atom is -0.359 e. The first-order valence-corrected chi connectivity index (χ1v) is 11.3. The molecule has 0 fully saturated rings. The highest BCUT2D eigenvalue weighted by molar-refractivity contribution is 9.10. The van der Waals surface area contributed by atoms with Crippen LogP contribution in [0.15, 0.2) is 125 Å². The van der Waals surface area contributed by atoms with Crippen molar-refractivity contribution in [3.8, 4) is 0 Å². The molecule has 0 saturated heterocycles. The van der Waals surface area contributed by atoms with Gasteiger partial charge in [-0.3, -0.25) is 0 Å². The van der Waals surface area contributed by atoms with Gasteiger partial charge >= 0.3 is 0 Å². The van der Waals surface area contributed by atoms with Gasteiger partial charge in [0.25, 0.3) is 0 Å². The second-order valence-corrected chi connectivity index (χ2v) is 8.15. The number of benzene rings is 3. The van der Waals surface area contributed by atoms with Gasteiger partial charge in [-0.1, -0.05) is 101 Å². The van der Waals surface area contributed by atoms with Gasteiger partial charge in [0.15, 0.2) is 0 Å². The van der Waals surface area contributed by atoms with Crippen LogP contribution in [0.5, 0.6) is 0 Å². The van der Waals surface area contributed by atoms with E-state index >= 15 is 0 Å². The van der Waals surface area contributed by atoms with E-state index in [1.165, 1.54) is 22.3 Å². The lowest BCUT2D eigenvalue weighted by molar-refractivity contribution is 1.35. The quantitative estimate of drug-likeness (QED) is 0.324. The molecule has 3 rings (SSSR count). The predicted octanol–water partition coefficient (Wildman–Crippen LogP) is 8.90. The van der Waals surface area contributed by atoms with E-state index in [9.17, 15) is 0 Å². The summed E-state index contributed by atoms with van der Waals surface area (Å²) in [7, 11) is 0. The van der Waals surface area contributed by atoms with Crippen LogP contribution in [-0.4, -0.2) is 0 Å². The van der Waals surface area contributed by atoms with Crippen LogP contribution in [0.3, 0.4) is 0 Å². The Balaban J connectivity index is 1.77. The number of rotatable bonds is 8. The highest BCUT2D eigenvalue weighted by Crippen LogP contribution is 2.21. The molecule has 1 nitrogen and oxygen atoms in total. The zero-order valence-electron chi connectivity index (χ0n) is 18.1. The van der Waals surface area contributed by atoms with E-state index in [0.29, 0.717) is 0 Å². The molecule has 0 radical (unpaired) electrons. The van der Waals surface area contributed by atoms with Crippen molar-refractivity contribution in [1.29, 1.82) is 0 Å². The van der Waals surface area contributed by atoms with Crippen LogP contribution in [0.1, 0.15) is 31.4 Å². The molecule has 0 amide bonds. The maximum atomic E-state index is 3.49. The van der Waals surface area contributed by atoms with Crippen molar-refractivity contribution >= 4 is 32.8 Å². The number of nitrogens with one attached hydrogen (secondary N) is 1. The maximum Gasteiger partial charge on any atom is 0.0382 e. The van der Waals surface area contributed by atoms with E-state index in [2.05, 4.69) is 132 Å². The van der Waals surface area contributed by atoms with E-state index < -0.39 is 0 Å². The maximum absolute atomic E-state index is 3.49. The van der Waals surface area contributed by atoms with Gasteiger partial charge in [-0.25, -0.2) is 0 Å². The lowest BCUT2D eigenvalue weighted by Crippen LogP contribution is -1.96. The third-order valence-electron chi connectivity index (χ3n) is 4.85. The topological polar surface area (TPSA) is 12.0 Å². The molecule has 31 heavy (non-hydrogen) atoms. The van der Waals surface area contributed by atoms with E-state index in [1.807, 2.05) is 18.2 Å². The summed E-state index contributed by atoms with van der Waals surface area (Å²) in [6, 6.07) is 29.2. The molecule has 0 aliphatic carbocycles. The van der Waals surface area contributed by atoms with Crippen molar-refractivity contribution < 1.29 is 0 Å². The monoisotopic (exact) mass is 469 g/mol. The summed E-state index contributed by atoms with van der Waals surface area (Å²) in [6.45, 7) is 4.18. The minimum atomic E-state index is 0.858. The van der Waals surface area contributed by atoms with Crippen LogP contribution in [-0.2, 0) is 0 Å². The molecule has 0 aliphatic heterocycles. The van der Waals surface area contributed by atoms with E-state index in [4.69, 9.17) is 0 Å². The highest BCUT2D eigenvalue weighted by Gasteiger charge is 2.00. The van der Waals surface area contributed by atoms with E-state index in [0.717, 1.165) is 22.3 Å². The zero-order valence-corrected chi connectivity index (χ0v) is 19.6. The Morgan fingerprint density at radius 3 is 1.97 bits per heavy atom. The van der Waals surface area contributed by atoms with Gasteiger partial charge in [-0.2, -0.15) is 0 Å². The van der Waals surface area contributed by atoms with Crippen molar-refractivity contribution in [1.82, 2.24) is 0 Å². The normalized spacial score (nSPS) is 12.9. The van der Waals surface area contributed by atoms with Crippen LogP contribution in [0.4, 0.5) is 5.69 Å². The van der Waals surface area contributed by atoms with Crippen LogP contribution in [0, 0.1) is 0 Å². The zero-order chi connectivity index (χ0) is 21.9. The summed E-state index contributed by atoms with van der Waals surface area (Å²) < 4.78 is 1.08. The fourth-order valence-corrected chi connectivity index (χ4v) is 3.57. The molecule has 0 aromatic heterocycles. The fraction of sp³-hybridized carbons (Fsp3) is 0.103. The van der Waals surface area contributed by atoms with Crippen LogP contribution in [0.25, 0.3) is 11.1 Å². The first-order valence-electron chi connectivity index (χ1n) is 10.5. The number of hydrogen-bond donors (Lipinski definition) is 1. The number of halogens is 1. The third kappa shape index (κ3) is 7.27. The Morgan fingerprint density at radius 1 is 0.806 bits per heavy atom. The highest BCUT2D eigenvalue weighted by atomic mass is 79.9. The van der Waals surface area contributed by atoms with Gasteiger partial charge in [-0.15, -0.1) is 0 Å². The third-order valence-corrected chi connectivity index (χ3v) is 5.38. The van der Waals surface area contributed by atoms with Gasteiger partial charge in [-0.05, 0) is 72.9 Å². The average Bonchev–Trinajstić information content (AvgIpc) is 2.81. The Kier molecular flexibility index (Phi) is 8.69. The molecule has 0 atom stereocenters. The Morgan fingerprint density at radius 2 is 1.39 bits per heavy atom. The molecule has 3 aromatic carbocycles. The summed E-state index contributed by atoms with van der Waals surface area (Å²) in [5.41, 5.74) is 7.06. The molecule has 0 heterocycles. The van der Waals surface area contributed by atoms with Crippen LogP contribution in [0.2, 0.25) is 0 Å². The lowest BCUT2D eigenvalue weighted by atomic mass is 10.0. The second-order valence-electron chi connectivity index (χ2n) is 7.23. The minimum absolute atomic E-state index is 0.858. The number of anilines is 1. The molecule has 0 spiro atoms. The molecular formula is C29H28BrN. The Labute approximate surface area is 194 Å². The SMILES string of the molecule is C/C=C(\C=C/C/C=C(\C=C(\C)Nc1ccc(Br)cc1)c1ccccc1)c1ccccc1. The largest absolute Gasteiger partial charge is 0.359 e. The second kappa shape index (κ2) is 11.9. The number of allylic oxidation sites excluding steroid dienone is 8. The first kappa shape index (κ1) is 22.6. The fourth-order valence-electron chi connectivity index (χ4n) is 3.30. The number of hydrogen-bond acceptors (Lipinski definition) is 1. The van der Waals surface area contributed by atoms with Gasteiger partial charge in [0.2, 0.25) is 0 Å². The van der Waals surface area contributed by atoms with E-state index in [-0.39, 0.29) is 0 Å². The van der Waals surface area contributed by atoms with Crippen molar-refractivity contribution in [2.24, 2.45) is 0 Å². The van der Waals surface area contributed by atoms with Gasteiger partial charge in [0.1, 0.15) is 0 Å². The standard InChI is InChI=1S/C29H28BrN/c1-3-24(25-13-6-4-7-14-25)12-10-11-17-27(26-15-8-5-9-16-26)22-23(2)31-29-20-18-28(30)19-21-29/h3-10,12-22,31H,11H2,1-2H3/b12-10-,23-22-,24-3+,27-17+. The molecule has 0 unspecified atom stereocenters. The molecule has 1 N–H and O–H groups in total. The summed E-state index contributed by atoms with van der Waals surface area (Å²) in [5.74, 6) is 0. The van der Waals surface area contributed by atoms with Crippen LogP contribution >= 0.6 is 15.9 Å². The Bertz CT molecular complexity index is 1070. The van der Waals surface area contributed by atoms with Crippen molar-refractivity contribution in [3.63, 3.8) is 0 Å². The summed E-state index contributed by atoms with van der Waals surface area (Å²) >= 11 is 3.49. The smallest absolute Gasteiger partial charge is 0.0382 e. The van der Waals surface area contributed by atoms with Gasteiger partial charge < -0.3 is 5.32 Å². The first-order chi connectivity index (χ1) is 15.2. The lowest BCUT2D eigenvalue weighted by Gasteiger charge is -2.09. The Hall–Kier alpha value is -3.10. The molecule has 0 saturated carbocycles. The van der Waals surface area contributed by atoms with Crippen molar-refractivity contribution in [2.75, 3.05) is 5.32 Å². The van der Waals surface area contributed by atoms with Gasteiger partial charge in [0, 0.05) is 15.9 Å². The predicted molar refractivity (Wildman–Crippen MR) is 140 cm³/mol. The summed E-state index contributed by atoms with van der Waals surface area (Å²) in [5, 5.41) is 3.48. The van der Waals surface area contributed by atoms with Crippen molar-refractivity contribution in [3.05, 3.63) is 137 Å². The average molecular weight is 470 g/mol. The van der Waals surface area contributed by atoms with Crippen LogP contribution < -0.4 is 5.32 Å². The van der Waals surface area contributed by atoms with E-state index in [1.54, 1.807) is 0 Å². The summed E-state index contributed by atoms with van der Waals surface area (Å²) in [6.07, 6.45) is 11.9. The van der Waals surface area contributed by atoms with Gasteiger partial charge in [0.05, 0.1) is 0 Å². The molecule has 0 aliphatic rings.